The van der Waals surface area contributed by atoms with Crippen LogP contribution in [0.2, 0.25) is 0 Å². The Bertz CT molecular complexity index is 2860. The van der Waals surface area contributed by atoms with Crippen LogP contribution >= 0.6 is 0 Å². The lowest BCUT2D eigenvalue weighted by molar-refractivity contribution is 0.409. The average molecular weight is 727 g/mol. The van der Waals surface area contributed by atoms with Crippen LogP contribution in [-0.4, -0.2) is 10.4 Å². The lowest BCUT2D eigenvalue weighted by Crippen LogP contribution is -2.44. The molecule has 3 heterocycles. The Morgan fingerprint density at radius 3 is 2.39 bits per heavy atom. The van der Waals surface area contributed by atoms with E-state index in [9.17, 15) is 0 Å². The summed E-state index contributed by atoms with van der Waals surface area (Å²) in [4.78, 5) is 5.30. The van der Waals surface area contributed by atoms with Crippen molar-refractivity contribution in [2.75, 3.05) is 0 Å². The fraction of sp³-hybridized carbons (Fsp3) is 0.157. The maximum Gasteiger partial charge on any atom is 0.137 e. The van der Waals surface area contributed by atoms with Crippen LogP contribution in [0, 0.1) is 0 Å². The van der Waals surface area contributed by atoms with Crippen molar-refractivity contribution in [1.82, 2.24) is 15.2 Å². The van der Waals surface area contributed by atoms with E-state index >= 15 is 0 Å². The molecule has 3 atom stereocenters. The highest BCUT2D eigenvalue weighted by atomic mass is 16.3. The van der Waals surface area contributed by atoms with Gasteiger partial charge in [-0.25, -0.2) is 4.99 Å². The molecule has 0 saturated carbocycles. The van der Waals surface area contributed by atoms with E-state index in [1.165, 1.54) is 38.9 Å². The lowest BCUT2D eigenvalue weighted by atomic mass is 9.91. The van der Waals surface area contributed by atoms with Crippen molar-refractivity contribution in [3.8, 4) is 5.69 Å². The number of rotatable bonds is 6. The van der Waals surface area contributed by atoms with Crippen molar-refractivity contribution in [2.24, 2.45) is 4.99 Å². The van der Waals surface area contributed by atoms with E-state index in [0.29, 0.717) is 5.92 Å². The molecule has 3 unspecified atom stereocenters. The van der Waals surface area contributed by atoms with Gasteiger partial charge >= 0.3 is 0 Å². The number of fused-ring (bicyclic) bond motifs is 6. The van der Waals surface area contributed by atoms with E-state index < -0.39 is 0 Å². The summed E-state index contributed by atoms with van der Waals surface area (Å²) in [5.74, 6) is 1.23. The summed E-state index contributed by atoms with van der Waals surface area (Å²) < 4.78 is 9.19. The first-order valence-electron chi connectivity index (χ1n) is 20.0. The van der Waals surface area contributed by atoms with Crippen molar-refractivity contribution >= 4 is 50.3 Å². The summed E-state index contributed by atoms with van der Waals surface area (Å²) >= 11 is 0. The molecule has 1 aliphatic heterocycles. The molecule has 0 saturated heterocycles. The number of hydrogen-bond acceptors (Lipinski definition) is 4. The smallest absolute Gasteiger partial charge is 0.137 e. The summed E-state index contributed by atoms with van der Waals surface area (Å²) in [5, 5.41) is 11.0. The van der Waals surface area contributed by atoms with E-state index in [0.717, 1.165) is 82.3 Å². The molecule has 7 aromatic rings. The number of allylic oxidation sites excluding steroid dienone is 9. The van der Waals surface area contributed by atoms with Crippen molar-refractivity contribution in [1.29, 1.82) is 0 Å². The number of aliphatic imine (C=N–C) groups is 1. The number of benzene rings is 5. The molecule has 0 radical (unpaired) electrons. The van der Waals surface area contributed by atoms with Gasteiger partial charge in [0.15, 0.2) is 0 Å². The van der Waals surface area contributed by atoms with Crippen molar-refractivity contribution in [3.05, 3.63) is 197 Å². The highest BCUT2D eigenvalue weighted by molar-refractivity contribution is 6.09. The second-order valence-corrected chi connectivity index (χ2v) is 15.4. The monoisotopic (exact) mass is 726 g/mol. The molecule has 0 fully saturated rings. The Kier molecular flexibility index (Phi) is 8.06. The van der Waals surface area contributed by atoms with Gasteiger partial charge in [-0.1, -0.05) is 115 Å². The molecule has 0 bridgehead atoms. The van der Waals surface area contributed by atoms with E-state index in [-0.39, 0.29) is 12.3 Å². The molecule has 5 aromatic carbocycles. The second-order valence-electron chi connectivity index (χ2n) is 15.4. The number of amidine groups is 1. The van der Waals surface area contributed by atoms with E-state index in [1.54, 1.807) is 0 Å². The lowest BCUT2D eigenvalue weighted by Gasteiger charge is -2.32. The zero-order valence-electron chi connectivity index (χ0n) is 31.2. The Labute approximate surface area is 326 Å². The van der Waals surface area contributed by atoms with Crippen LogP contribution < -0.4 is 10.6 Å². The average Bonchev–Trinajstić information content (AvgIpc) is 3.81. The third kappa shape index (κ3) is 5.78. The molecule has 2 N–H and O–H groups in total. The van der Waals surface area contributed by atoms with Gasteiger partial charge in [0.2, 0.25) is 0 Å². The van der Waals surface area contributed by atoms with Crippen LogP contribution in [0.5, 0.6) is 0 Å². The van der Waals surface area contributed by atoms with Gasteiger partial charge < -0.3 is 14.3 Å². The number of hydrogen-bond donors (Lipinski definition) is 2. The number of nitrogens with zero attached hydrogens (tertiary/aromatic N) is 2. The molecular weight excluding hydrogens is 685 g/mol. The first kappa shape index (κ1) is 33.0. The maximum atomic E-state index is 6.74. The first-order chi connectivity index (χ1) is 27.7. The van der Waals surface area contributed by atoms with Crippen molar-refractivity contribution < 1.29 is 4.42 Å². The number of aromatic nitrogens is 1. The van der Waals surface area contributed by atoms with Crippen LogP contribution in [0.25, 0.3) is 50.2 Å². The fourth-order valence-electron chi connectivity index (χ4n) is 9.05. The SMILES string of the molecule is C1=CCC(c2ccc3c4c(n(-c5ccc6c(c5)oc5cc(C7=NC(c8cccc(C9=CCCC=C9)c8)NC(c8ccccc8)N7)ccc56)c3c2)C=CCC4)C=C1. The molecule has 5 nitrogen and oxygen atoms in total. The molecule has 5 heteroatoms. The molecule has 272 valence electrons. The van der Waals surface area contributed by atoms with Crippen LogP contribution in [0.15, 0.2) is 167 Å². The molecular formula is C51H42N4O. The topological polar surface area (TPSA) is 54.5 Å². The van der Waals surface area contributed by atoms with Crippen molar-refractivity contribution in [2.45, 2.75) is 50.4 Å². The van der Waals surface area contributed by atoms with Crippen LogP contribution in [0.3, 0.4) is 0 Å². The summed E-state index contributed by atoms with van der Waals surface area (Å²) in [6, 6.07) is 39.6. The largest absolute Gasteiger partial charge is 0.456 e. The Hall–Kier alpha value is -6.43. The van der Waals surface area contributed by atoms with Crippen LogP contribution in [-0.2, 0) is 6.42 Å². The standard InChI is InChI=1S/C51H42N4O/c1-4-13-33(14-5-1)36-19-12-20-38(29-36)50-52-49(35-17-8-3-9-18-35)53-51(54-50)39-24-27-43-44-28-25-40(32-48(44)56-47(43)31-39)55-45-22-11-10-21-41(45)42-26-23-37(30-46(42)55)34-15-6-2-7-16-34/h2-4,6-9,11-15,17-20,22-32,34,49-50,52H,1,5,10,16,21H2,(H,53,54). The highest BCUT2D eigenvalue weighted by Gasteiger charge is 2.27. The third-order valence-electron chi connectivity index (χ3n) is 11.9. The highest BCUT2D eigenvalue weighted by Crippen LogP contribution is 2.39. The van der Waals surface area contributed by atoms with Gasteiger partial charge in [-0.15, -0.1) is 0 Å². The fourth-order valence-corrected chi connectivity index (χ4v) is 9.05. The third-order valence-corrected chi connectivity index (χ3v) is 11.9. The summed E-state index contributed by atoms with van der Waals surface area (Å²) in [6.07, 6.45) is 25.3. The van der Waals surface area contributed by atoms with Crippen molar-refractivity contribution in [3.63, 3.8) is 0 Å². The Morgan fingerprint density at radius 1 is 0.661 bits per heavy atom. The minimum atomic E-state index is -0.235. The van der Waals surface area contributed by atoms with Gasteiger partial charge in [0, 0.05) is 45.1 Å². The van der Waals surface area contributed by atoms with E-state index in [2.05, 4.69) is 179 Å². The Morgan fingerprint density at radius 2 is 1.52 bits per heavy atom. The van der Waals surface area contributed by atoms with E-state index in [4.69, 9.17) is 9.41 Å². The van der Waals surface area contributed by atoms with Crippen LogP contribution in [0.1, 0.15) is 83.0 Å². The summed E-state index contributed by atoms with van der Waals surface area (Å²) in [6.45, 7) is 0. The van der Waals surface area contributed by atoms with Gasteiger partial charge in [-0.05, 0) is 108 Å². The second kappa shape index (κ2) is 13.7. The van der Waals surface area contributed by atoms with Gasteiger partial charge in [0.05, 0.1) is 5.52 Å². The van der Waals surface area contributed by atoms with Gasteiger partial charge in [-0.2, -0.15) is 0 Å². The molecule has 0 spiro atoms. The predicted molar refractivity (Wildman–Crippen MR) is 231 cm³/mol. The number of nitrogens with one attached hydrogen (secondary N) is 2. The molecule has 3 aliphatic carbocycles. The predicted octanol–water partition coefficient (Wildman–Crippen LogP) is 12.2. The zero-order valence-corrected chi connectivity index (χ0v) is 31.2. The minimum absolute atomic E-state index is 0.123. The van der Waals surface area contributed by atoms with Gasteiger partial charge in [0.1, 0.15) is 29.3 Å². The number of aryl methyl sites for hydroxylation is 1. The summed E-state index contributed by atoms with van der Waals surface area (Å²) in [7, 11) is 0. The quantitative estimate of drug-likeness (QED) is 0.179. The van der Waals surface area contributed by atoms with Crippen LogP contribution in [0.4, 0.5) is 0 Å². The molecule has 4 aliphatic rings. The molecule has 0 amide bonds. The minimum Gasteiger partial charge on any atom is -0.456 e. The molecule has 2 aromatic heterocycles. The molecule has 56 heavy (non-hydrogen) atoms. The maximum absolute atomic E-state index is 6.74. The number of furan rings is 1. The van der Waals surface area contributed by atoms with E-state index in [1.807, 2.05) is 0 Å². The van der Waals surface area contributed by atoms with Gasteiger partial charge in [-0.3, -0.25) is 5.32 Å². The van der Waals surface area contributed by atoms with Gasteiger partial charge in [0.25, 0.3) is 0 Å². The Balaban J connectivity index is 0.985. The summed E-state index contributed by atoms with van der Waals surface area (Å²) in [5.41, 5.74) is 13.9. The normalized spacial score (nSPS) is 20.3. The zero-order chi connectivity index (χ0) is 37.0. The first-order valence-corrected chi connectivity index (χ1v) is 20.0. The molecule has 11 rings (SSSR count).